The number of hydrogen-bond donors (Lipinski definition) is 3. The van der Waals surface area contributed by atoms with Gasteiger partial charge in [-0.3, -0.25) is 4.57 Å². The zero-order valence-corrected chi connectivity index (χ0v) is 17.3. The Morgan fingerprint density at radius 1 is 1.19 bits per heavy atom. The Morgan fingerprint density at radius 2 is 1.90 bits per heavy atom. The Kier molecular flexibility index (Phi) is 6.76. The van der Waals surface area contributed by atoms with Gasteiger partial charge in [0, 0.05) is 29.7 Å². The van der Waals surface area contributed by atoms with Crippen molar-refractivity contribution in [1.82, 2.24) is 19.5 Å². The van der Waals surface area contributed by atoms with Gasteiger partial charge in [0.1, 0.15) is 18.0 Å². The maximum atomic E-state index is 14.1. The number of benzene rings is 1. The summed E-state index contributed by atoms with van der Waals surface area (Å²) in [7, 11) is 0. The van der Waals surface area contributed by atoms with E-state index < -0.39 is 11.6 Å². The number of rotatable bonds is 7. The van der Waals surface area contributed by atoms with E-state index in [4.69, 9.17) is 11.5 Å². The number of halogens is 2. The van der Waals surface area contributed by atoms with Gasteiger partial charge in [0.15, 0.2) is 0 Å². The molecule has 0 fully saturated rings. The number of aromatic nitrogens is 4. The number of hydrogen-bond acceptors (Lipinski definition) is 6. The Balaban J connectivity index is 1.95. The largest absolute Gasteiger partial charge is 0.401 e. The fourth-order valence-electron chi connectivity index (χ4n) is 3.14. The first-order valence-corrected chi connectivity index (χ1v) is 9.72. The average molecular weight is 426 g/mol. The third-order valence-electron chi connectivity index (χ3n) is 4.94. The van der Waals surface area contributed by atoms with Crippen molar-refractivity contribution in [2.45, 2.75) is 32.8 Å². The summed E-state index contributed by atoms with van der Waals surface area (Å²) in [6.07, 6.45) is 6.75. The third kappa shape index (κ3) is 4.77. The second-order valence-electron chi connectivity index (χ2n) is 6.96. The number of allylic oxidation sites excluding steroid dienone is 3. The van der Waals surface area contributed by atoms with Crippen LogP contribution in [0.4, 0.5) is 8.78 Å². The summed E-state index contributed by atoms with van der Waals surface area (Å²) in [5.74, 6) is -1.41. The first-order chi connectivity index (χ1) is 14.8. The van der Waals surface area contributed by atoms with Gasteiger partial charge in [-0.25, -0.2) is 23.7 Å². The molecule has 0 amide bonds. The highest BCUT2D eigenvalue weighted by molar-refractivity contribution is 5.66. The van der Waals surface area contributed by atoms with Crippen LogP contribution in [-0.4, -0.2) is 24.6 Å². The summed E-state index contributed by atoms with van der Waals surface area (Å²) < 4.78 is 29.7. The highest BCUT2D eigenvalue weighted by Crippen LogP contribution is 2.26. The summed E-state index contributed by atoms with van der Waals surface area (Å²) in [5, 5.41) is 9.19. The van der Waals surface area contributed by atoms with E-state index in [1.807, 2.05) is 13.8 Å². The van der Waals surface area contributed by atoms with Gasteiger partial charge in [-0.2, -0.15) is 0 Å². The van der Waals surface area contributed by atoms with Gasteiger partial charge >= 0.3 is 0 Å². The number of imidazole rings is 1. The van der Waals surface area contributed by atoms with Crippen LogP contribution in [-0.2, 0) is 6.61 Å². The summed E-state index contributed by atoms with van der Waals surface area (Å²) in [6.45, 7) is 3.57. The SMILES string of the molecule is CCC(/C=C(\N)c1c(F)cccc1F)=C(/N)C(C)c1ccnc(-n2cnc(CO)c2)n1. The predicted molar refractivity (Wildman–Crippen MR) is 114 cm³/mol. The van der Waals surface area contributed by atoms with Crippen molar-refractivity contribution in [3.8, 4) is 5.95 Å². The van der Waals surface area contributed by atoms with Crippen LogP contribution < -0.4 is 11.5 Å². The van der Waals surface area contributed by atoms with Crippen molar-refractivity contribution in [2.24, 2.45) is 11.5 Å². The van der Waals surface area contributed by atoms with E-state index in [0.29, 0.717) is 35.0 Å². The predicted octanol–water partition coefficient (Wildman–Crippen LogP) is 3.16. The highest BCUT2D eigenvalue weighted by atomic mass is 19.1. The first-order valence-electron chi connectivity index (χ1n) is 9.72. The highest BCUT2D eigenvalue weighted by Gasteiger charge is 2.17. The van der Waals surface area contributed by atoms with E-state index in [1.54, 1.807) is 23.0 Å². The van der Waals surface area contributed by atoms with Crippen LogP contribution in [0.1, 0.15) is 43.1 Å². The maximum Gasteiger partial charge on any atom is 0.235 e. The van der Waals surface area contributed by atoms with Crippen LogP contribution in [0.2, 0.25) is 0 Å². The zero-order chi connectivity index (χ0) is 22.5. The third-order valence-corrected chi connectivity index (χ3v) is 4.94. The van der Waals surface area contributed by atoms with Crippen LogP contribution in [0.15, 0.2) is 60.3 Å². The van der Waals surface area contributed by atoms with Crippen LogP contribution >= 0.6 is 0 Å². The number of aliphatic hydroxyl groups excluding tert-OH is 1. The van der Waals surface area contributed by atoms with Crippen LogP contribution in [0, 0.1) is 11.6 Å². The lowest BCUT2D eigenvalue weighted by molar-refractivity contribution is 0.277. The fraction of sp³-hybridized carbons (Fsp3) is 0.227. The Bertz CT molecular complexity index is 1120. The molecule has 0 bridgehead atoms. The standard InChI is InChI=1S/C22H24F2N6O/c1-3-14(9-18(25)20-16(23)5-4-6-17(20)24)21(26)13(2)19-7-8-27-22(29-19)30-10-15(11-31)28-12-30/h4-10,12-13,31H,3,11,25-26H2,1-2H3/b18-9-,21-14-. The summed E-state index contributed by atoms with van der Waals surface area (Å²) in [6, 6.07) is 5.33. The van der Waals surface area contributed by atoms with E-state index in [1.165, 1.54) is 18.5 Å². The molecule has 3 aromatic rings. The minimum Gasteiger partial charge on any atom is -0.401 e. The molecule has 0 aliphatic carbocycles. The molecule has 3 rings (SSSR count). The topological polar surface area (TPSA) is 116 Å². The van der Waals surface area contributed by atoms with Gasteiger partial charge in [-0.05, 0) is 36.3 Å². The number of aliphatic hydroxyl groups is 1. The van der Waals surface area contributed by atoms with E-state index >= 15 is 0 Å². The molecule has 31 heavy (non-hydrogen) atoms. The second kappa shape index (κ2) is 9.48. The molecule has 1 unspecified atom stereocenters. The molecule has 7 nitrogen and oxygen atoms in total. The van der Waals surface area contributed by atoms with Crippen molar-refractivity contribution in [2.75, 3.05) is 0 Å². The molecule has 2 aromatic heterocycles. The average Bonchev–Trinajstić information content (AvgIpc) is 3.26. The molecule has 0 aliphatic rings. The minimum absolute atomic E-state index is 0.0408. The van der Waals surface area contributed by atoms with E-state index in [9.17, 15) is 13.9 Å². The maximum absolute atomic E-state index is 14.1. The van der Waals surface area contributed by atoms with Gasteiger partial charge in [-0.15, -0.1) is 0 Å². The summed E-state index contributed by atoms with van der Waals surface area (Å²) in [4.78, 5) is 12.8. The molecule has 0 radical (unpaired) electrons. The summed E-state index contributed by atoms with van der Waals surface area (Å²) >= 11 is 0. The Morgan fingerprint density at radius 3 is 2.52 bits per heavy atom. The Labute approximate surface area is 178 Å². The van der Waals surface area contributed by atoms with Gasteiger partial charge in [0.05, 0.1) is 23.6 Å². The van der Waals surface area contributed by atoms with Crippen LogP contribution in [0.5, 0.6) is 0 Å². The fourth-order valence-corrected chi connectivity index (χ4v) is 3.14. The molecule has 1 aromatic carbocycles. The molecule has 0 aliphatic heterocycles. The van der Waals surface area contributed by atoms with Crippen molar-refractivity contribution >= 4 is 5.70 Å². The molecular weight excluding hydrogens is 402 g/mol. The Hall–Kier alpha value is -3.59. The quantitative estimate of drug-likeness (QED) is 0.500. The first kappa shape index (κ1) is 22.1. The minimum atomic E-state index is -0.737. The van der Waals surface area contributed by atoms with Crippen LogP contribution in [0.25, 0.3) is 11.6 Å². The monoisotopic (exact) mass is 426 g/mol. The van der Waals surface area contributed by atoms with Gasteiger partial charge < -0.3 is 16.6 Å². The molecule has 162 valence electrons. The molecule has 0 saturated carbocycles. The van der Waals surface area contributed by atoms with Crippen molar-refractivity contribution in [3.63, 3.8) is 0 Å². The number of nitrogens with zero attached hydrogens (tertiary/aromatic N) is 4. The van der Waals surface area contributed by atoms with Crippen molar-refractivity contribution in [1.29, 1.82) is 0 Å². The molecule has 9 heteroatoms. The zero-order valence-electron chi connectivity index (χ0n) is 17.3. The van der Waals surface area contributed by atoms with E-state index in [0.717, 1.165) is 12.1 Å². The molecule has 0 saturated heterocycles. The van der Waals surface area contributed by atoms with Crippen molar-refractivity contribution < 1.29 is 13.9 Å². The van der Waals surface area contributed by atoms with Gasteiger partial charge in [0.2, 0.25) is 5.95 Å². The van der Waals surface area contributed by atoms with Crippen LogP contribution in [0.3, 0.4) is 0 Å². The summed E-state index contributed by atoms with van der Waals surface area (Å²) in [5.41, 5.74) is 14.4. The molecule has 1 atom stereocenters. The van der Waals surface area contributed by atoms with Crippen molar-refractivity contribution in [3.05, 3.63) is 88.9 Å². The van der Waals surface area contributed by atoms with Gasteiger partial charge in [0.25, 0.3) is 0 Å². The normalized spacial score (nSPS) is 13.8. The smallest absolute Gasteiger partial charge is 0.235 e. The molecule has 2 heterocycles. The second-order valence-corrected chi connectivity index (χ2v) is 6.96. The lowest BCUT2D eigenvalue weighted by atomic mass is 9.96. The number of nitrogens with two attached hydrogens (primary N) is 2. The van der Waals surface area contributed by atoms with E-state index in [-0.39, 0.29) is 23.8 Å². The molecule has 0 spiro atoms. The van der Waals surface area contributed by atoms with E-state index in [2.05, 4.69) is 15.0 Å². The molecule has 5 N–H and O–H groups in total. The lowest BCUT2D eigenvalue weighted by Gasteiger charge is -2.16. The molecular formula is C22H24F2N6O. The lowest BCUT2D eigenvalue weighted by Crippen LogP contribution is -2.14. The van der Waals surface area contributed by atoms with Gasteiger partial charge in [-0.1, -0.05) is 19.9 Å².